The van der Waals surface area contributed by atoms with Gasteiger partial charge in [0.2, 0.25) is 0 Å². The van der Waals surface area contributed by atoms with Crippen molar-refractivity contribution in [2.45, 2.75) is 12.5 Å². The summed E-state index contributed by atoms with van der Waals surface area (Å²) in [5, 5.41) is 4.04. The van der Waals surface area contributed by atoms with Crippen LogP contribution in [-0.2, 0) is 13.5 Å². The van der Waals surface area contributed by atoms with Crippen molar-refractivity contribution in [2.75, 3.05) is 0 Å². The molecule has 1 unspecified atom stereocenters. The van der Waals surface area contributed by atoms with Gasteiger partial charge in [-0.25, -0.2) is 4.98 Å². The summed E-state index contributed by atoms with van der Waals surface area (Å²) in [7, 11) is 1.88. The van der Waals surface area contributed by atoms with E-state index >= 15 is 0 Å². The lowest BCUT2D eigenvalue weighted by Gasteiger charge is -2.13. The molecule has 17 heavy (non-hydrogen) atoms. The highest BCUT2D eigenvalue weighted by Crippen LogP contribution is 2.24. The minimum Gasteiger partial charge on any atom is -0.324 e. The van der Waals surface area contributed by atoms with E-state index < -0.39 is 0 Å². The van der Waals surface area contributed by atoms with Gasteiger partial charge in [-0.15, -0.1) is 0 Å². The fraction of sp³-hybridized carbons (Fsp3) is 0.273. The van der Waals surface area contributed by atoms with Gasteiger partial charge in [-0.2, -0.15) is 5.10 Å². The molecule has 0 fully saturated rings. The van der Waals surface area contributed by atoms with Crippen LogP contribution in [0.5, 0.6) is 0 Å². The molecule has 1 heterocycles. The van der Waals surface area contributed by atoms with Crippen molar-refractivity contribution in [3.63, 3.8) is 0 Å². The number of aryl methyl sites for hydroxylation is 1. The maximum absolute atomic E-state index is 6.22. The molecule has 0 radical (unpaired) electrons. The molecule has 90 valence electrons. The lowest BCUT2D eigenvalue weighted by Crippen LogP contribution is -2.17. The largest absolute Gasteiger partial charge is 0.324 e. The summed E-state index contributed by atoms with van der Waals surface area (Å²) in [6.45, 7) is 0. The predicted octanol–water partition coefficient (Wildman–Crippen LogP) is 2.42. The zero-order valence-electron chi connectivity index (χ0n) is 9.27. The van der Waals surface area contributed by atoms with Crippen LogP contribution in [0.15, 0.2) is 29.0 Å². The molecule has 0 saturated heterocycles. The Labute approximate surface area is 122 Å². The number of nitrogens with two attached hydrogens (primary N) is 1. The van der Waals surface area contributed by atoms with Gasteiger partial charge in [-0.3, -0.25) is 4.68 Å². The summed E-state index contributed by atoms with van der Waals surface area (Å²) in [5.41, 5.74) is 7.35. The minimum atomic E-state index is -0.0673. The molecule has 1 aromatic heterocycles. The maximum Gasteiger partial charge on any atom is 0.138 e. The zero-order valence-corrected chi connectivity index (χ0v) is 13.0. The number of hydrogen-bond donors (Lipinski definition) is 1. The number of hydrogen-bond acceptors (Lipinski definition) is 3. The van der Waals surface area contributed by atoms with Crippen molar-refractivity contribution in [3.05, 3.63) is 44.0 Å². The molecule has 1 aromatic carbocycles. The Bertz CT molecular complexity index is 526. The highest BCUT2D eigenvalue weighted by atomic mass is 127. The fourth-order valence-electron chi connectivity index (χ4n) is 1.61. The van der Waals surface area contributed by atoms with Crippen molar-refractivity contribution in [2.24, 2.45) is 12.8 Å². The van der Waals surface area contributed by atoms with Gasteiger partial charge in [0.05, 0.1) is 0 Å². The second-order valence-corrected chi connectivity index (χ2v) is 5.85. The van der Waals surface area contributed by atoms with E-state index in [1.807, 2.05) is 13.1 Å². The van der Waals surface area contributed by atoms with Crippen LogP contribution in [0.4, 0.5) is 0 Å². The van der Waals surface area contributed by atoms with E-state index in [0.29, 0.717) is 6.42 Å². The van der Waals surface area contributed by atoms with Gasteiger partial charge < -0.3 is 5.73 Å². The van der Waals surface area contributed by atoms with E-state index in [1.165, 1.54) is 3.57 Å². The molecule has 0 aliphatic carbocycles. The summed E-state index contributed by atoms with van der Waals surface area (Å²) in [6.07, 6.45) is 2.23. The summed E-state index contributed by atoms with van der Waals surface area (Å²) in [4.78, 5) is 4.19. The fourth-order valence-corrected chi connectivity index (χ4v) is 2.72. The first-order valence-corrected chi connectivity index (χ1v) is 6.98. The van der Waals surface area contributed by atoms with Gasteiger partial charge in [0.15, 0.2) is 0 Å². The van der Waals surface area contributed by atoms with E-state index in [1.54, 1.807) is 11.0 Å². The van der Waals surface area contributed by atoms with Gasteiger partial charge in [-0.05, 0) is 46.4 Å². The number of aromatic nitrogens is 3. The van der Waals surface area contributed by atoms with Gasteiger partial charge in [0.25, 0.3) is 0 Å². The minimum absolute atomic E-state index is 0.0673. The molecule has 2 rings (SSSR count). The van der Waals surface area contributed by atoms with E-state index in [0.717, 1.165) is 15.9 Å². The Morgan fingerprint density at radius 2 is 2.29 bits per heavy atom. The topological polar surface area (TPSA) is 56.7 Å². The normalized spacial score (nSPS) is 12.7. The summed E-state index contributed by atoms with van der Waals surface area (Å²) < 4.78 is 3.96. The van der Waals surface area contributed by atoms with Crippen LogP contribution in [0, 0.1) is 3.57 Å². The van der Waals surface area contributed by atoms with Crippen molar-refractivity contribution in [3.8, 4) is 0 Å². The van der Waals surface area contributed by atoms with Crippen LogP contribution in [0.25, 0.3) is 0 Å². The van der Waals surface area contributed by atoms with E-state index in [9.17, 15) is 0 Å². The highest BCUT2D eigenvalue weighted by Gasteiger charge is 2.13. The third kappa shape index (κ3) is 3.05. The molecule has 6 heteroatoms. The summed E-state index contributed by atoms with van der Waals surface area (Å²) in [5.74, 6) is 0.897. The average molecular weight is 407 g/mol. The molecule has 2 aromatic rings. The van der Waals surface area contributed by atoms with Crippen LogP contribution in [0.1, 0.15) is 17.4 Å². The van der Waals surface area contributed by atoms with Crippen LogP contribution >= 0.6 is 38.5 Å². The monoisotopic (exact) mass is 406 g/mol. The van der Waals surface area contributed by atoms with Gasteiger partial charge in [-0.1, -0.05) is 15.9 Å². The predicted molar refractivity (Wildman–Crippen MR) is 78.5 cm³/mol. The third-order valence-electron chi connectivity index (χ3n) is 2.57. The molecule has 0 bridgehead atoms. The summed E-state index contributed by atoms with van der Waals surface area (Å²) in [6, 6.07) is 6.06. The quantitative estimate of drug-likeness (QED) is 0.796. The zero-order chi connectivity index (χ0) is 12.4. The third-order valence-corrected chi connectivity index (χ3v) is 4.04. The Kier molecular flexibility index (Phi) is 4.16. The van der Waals surface area contributed by atoms with Gasteiger partial charge in [0, 0.05) is 27.6 Å². The van der Waals surface area contributed by atoms with Crippen molar-refractivity contribution < 1.29 is 0 Å². The smallest absolute Gasteiger partial charge is 0.138 e. The maximum atomic E-state index is 6.22. The van der Waals surface area contributed by atoms with Crippen LogP contribution in [-0.4, -0.2) is 14.8 Å². The van der Waals surface area contributed by atoms with Crippen LogP contribution in [0.2, 0.25) is 0 Å². The molecule has 1 atom stereocenters. The molecular weight excluding hydrogens is 395 g/mol. The second kappa shape index (κ2) is 5.45. The van der Waals surface area contributed by atoms with Crippen LogP contribution in [0.3, 0.4) is 0 Å². The van der Waals surface area contributed by atoms with Crippen LogP contribution < -0.4 is 5.73 Å². The molecular formula is C11H12BrIN4. The molecule has 0 aliphatic heterocycles. The lowest BCUT2D eigenvalue weighted by molar-refractivity contribution is 0.627. The highest BCUT2D eigenvalue weighted by molar-refractivity contribution is 14.1. The van der Waals surface area contributed by atoms with E-state index in [4.69, 9.17) is 5.73 Å². The van der Waals surface area contributed by atoms with Crippen molar-refractivity contribution in [1.29, 1.82) is 0 Å². The Morgan fingerprint density at radius 3 is 2.94 bits per heavy atom. The Hall–Kier alpha value is -0.470. The molecule has 0 aliphatic rings. The first-order valence-electron chi connectivity index (χ1n) is 5.11. The standard InChI is InChI=1S/C11H12BrIN4/c1-17-11(15-6-16-17)5-10(14)8-4-7(12)2-3-9(8)13/h2-4,6,10H,5,14H2,1H3. The molecule has 0 spiro atoms. The number of rotatable bonds is 3. The first kappa shape index (κ1) is 13.0. The van der Waals surface area contributed by atoms with Gasteiger partial charge >= 0.3 is 0 Å². The lowest BCUT2D eigenvalue weighted by atomic mass is 10.0. The number of nitrogens with zero attached hydrogens (tertiary/aromatic N) is 3. The molecule has 4 nitrogen and oxygen atoms in total. The Morgan fingerprint density at radius 1 is 1.53 bits per heavy atom. The van der Waals surface area contributed by atoms with E-state index in [2.05, 4.69) is 60.7 Å². The second-order valence-electron chi connectivity index (χ2n) is 3.78. The number of benzene rings is 1. The van der Waals surface area contributed by atoms with Crippen molar-refractivity contribution >= 4 is 38.5 Å². The first-order chi connectivity index (χ1) is 8.08. The SMILES string of the molecule is Cn1ncnc1CC(N)c1cc(Br)ccc1I. The van der Waals surface area contributed by atoms with Gasteiger partial charge in [0.1, 0.15) is 12.2 Å². The molecule has 2 N–H and O–H groups in total. The molecule has 0 saturated carbocycles. The van der Waals surface area contributed by atoms with Crippen molar-refractivity contribution in [1.82, 2.24) is 14.8 Å². The molecule has 0 amide bonds. The van der Waals surface area contributed by atoms with E-state index in [-0.39, 0.29) is 6.04 Å². The summed E-state index contributed by atoms with van der Waals surface area (Å²) >= 11 is 5.76. The average Bonchev–Trinajstić information content (AvgIpc) is 2.68. The number of halogens is 2. The Balaban J connectivity index is 2.23.